The maximum Gasteiger partial charge on any atom is 0.317 e. The number of carbonyl (C=O) groups excluding carboxylic acids is 1. The van der Waals surface area contributed by atoms with E-state index in [0.29, 0.717) is 19.4 Å². The second kappa shape index (κ2) is 7.80. The van der Waals surface area contributed by atoms with Crippen LogP contribution in [0.1, 0.15) is 19.8 Å². The lowest BCUT2D eigenvalue weighted by atomic mass is 10.1. The molecule has 2 rings (SSSR count). The number of likely N-dealkylation sites (tertiary alicyclic amines) is 1. The number of para-hydroxylation sites is 1. The summed E-state index contributed by atoms with van der Waals surface area (Å²) in [5.74, 6) is -1.67. The molecule has 23 heavy (non-hydrogen) atoms. The van der Waals surface area contributed by atoms with Crippen LogP contribution in [0.2, 0.25) is 0 Å². The van der Waals surface area contributed by atoms with Crippen molar-refractivity contribution in [2.45, 2.75) is 25.9 Å². The number of ether oxygens (including phenoxy) is 1. The molecular weight excluding hydrogens is 303 g/mol. The monoisotopic (exact) mass is 324 g/mol. The Labute approximate surface area is 134 Å². The fourth-order valence-corrected chi connectivity index (χ4v) is 2.45. The maximum atomic E-state index is 13.6. The van der Waals surface area contributed by atoms with Crippen molar-refractivity contribution in [3.05, 3.63) is 30.1 Å². The zero-order valence-corrected chi connectivity index (χ0v) is 13.0. The number of carboxylic acids is 1. The molecule has 0 saturated carbocycles. The second-order valence-corrected chi connectivity index (χ2v) is 5.53. The number of nitrogens with one attached hydrogen (secondary N) is 1. The quantitative estimate of drug-likeness (QED) is 0.840. The van der Waals surface area contributed by atoms with Gasteiger partial charge in [0.15, 0.2) is 11.6 Å². The van der Waals surface area contributed by atoms with Crippen molar-refractivity contribution in [2.75, 3.05) is 19.6 Å². The molecule has 0 spiro atoms. The van der Waals surface area contributed by atoms with E-state index in [-0.39, 0.29) is 31.0 Å². The van der Waals surface area contributed by atoms with Crippen LogP contribution in [0.25, 0.3) is 0 Å². The van der Waals surface area contributed by atoms with Crippen LogP contribution in [0.4, 0.5) is 9.18 Å². The molecule has 0 bridgehead atoms. The lowest BCUT2D eigenvalue weighted by molar-refractivity contribution is -0.141. The van der Waals surface area contributed by atoms with Gasteiger partial charge < -0.3 is 20.1 Å². The van der Waals surface area contributed by atoms with Gasteiger partial charge in [-0.1, -0.05) is 19.1 Å². The molecule has 1 fully saturated rings. The standard InChI is InChI=1S/C16H21FN2O4/c1-2-12(23-14-6-4-3-5-13(14)17)9-18-16(22)19-8-7-11(10-19)15(20)21/h3-6,11-12H,2,7-10H2,1H3,(H,18,22)(H,20,21). The van der Waals surface area contributed by atoms with Crippen molar-refractivity contribution in [1.82, 2.24) is 10.2 Å². The first-order valence-electron chi connectivity index (χ1n) is 7.68. The molecule has 2 atom stereocenters. The Morgan fingerprint density at radius 2 is 2.22 bits per heavy atom. The first-order chi connectivity index (χ1) is 11.0. The van der Waals surface area contributed by atoms with Crippen LogP contribution in [0, 0.1) is 11.7 Å². The summed E-state index contributed by atoms with van der Waals surface area (Å²) in [6, 6.07) is 5.80. The van der Waals surface area contributed by atoms with E-state index in [1.54, 1.807) is 12.1 Å². The van der Waals surface area contributed by atoms with Crippen molar-refractivity contribution >= 4 is 12.0 Å². The van der Waals surface area contributed by atoms with Gasteiger partial charge in [0.2, 0.25) is 0 Å². The van der Waals surface area contributed by atoms with E-state index in [9.17, 15) is 14.0 Å². The highest BCUT2D eigenvalue weighted by atomic mass is 19.1. The summed E-state index contributed by atoms with van der Waals surface area (Å²) in [5, 5.41) is 11.7. The summed E-state index contributed by atoms with van der Waals surface area (Å²) in [6.07, 6.45) is 0.714. The van der Waals surface area contributed by atoms with Crippen LogP contribution in [0.3, 0.4) is 0 Å². The first-order valence-corrected chi connectivity index (χ1v) is 7.68. The molecule has 6 nitrogen and oxygen atoms in total. The number of carbonyl (C=O) groups is 2. The topological polar surface area (TPSA) is 78.9 Å². The van der Waals surface area contributed by atoms with E-state index >= 15 is 0 Å². The summed E-state index contributed by atoms with van der Waals surface area (Å²) in [7, 11) is 0. The predicted molar refractivity (Wildman–Crippen MR) is 81.8 cm³/mol. The third-order valence-electron chi connectivity index (χ3n) is 3.89. The van der Waals surface area contributed by atoms with E-state index in [4.69, 9.17) is 9.84 Å². The fourth-order valence-electron chi connectivity index (χ4n) is 2.45. The summed E-state index contributed by atoms with van der Waals surface area (Å²) >= 11 is 0. The summed E-state index contributed by atoms with van der Waals surface area (Å²) in [5.41, 5.74) is 0. The van der Waals surface area contributed by atoms with Gasteiger partial charge in [0.1, 0.15) is 6.10 Å². The molecule has 1 aliphatic rings. The molecule has 1 saturated heterocycles. The van der Waals surface area contributed by atoms with Crippen LogP contribution in [-0.4, -0.2) is 47.7 Å². The van der Waals surface area contributed by atoms with Crippen LogP contribution in [0.15, 0.2) is 24.3 Å². The number of rotatable bonds is 6. The molecule has 126 valence electrons. The first kappa shape index (κ1) is 17.1. The van der Waals surface area contributed by atoms with Crippen LogP contribution in [0.5, 0.6) is 5.75 Å². The minimum Gasteiger partial charge on any atom is -0.486 e. The van der Waals surface area contributed by atoms with Gasteiger partial charge in [-0.25, -0.2) is 9.18 Å². The zero-order valence-electron chi connectivity index (χ0n) is 13.0. The normalized spacial score (nSPS) is 18.5. The highest BCUT2D eigenvalue weighted by molar-refractivity contribution is 5.77. The Hall–Kier alpha value is -2.31. The number of amides is 2. The van der Waals surface area contributed by atoms with E-state index in [0.717, 1.165) is 0 Å². The highest BCUT2D eigenvalue weighted by Gasteiger charge is 2.30. The van der Waals surface area contributed by atoms with Gasteiger partial charge in [-0.05, 0) is 25.0 Å². The Morgan fingerprint density at radius 3 is 2.83 bits per heavy atom. The Morgan fingerprint density at radius 1 is 1.48 bits per heavy atom. The summed E-state index contributed by atoms with van der Waals surface area (Å²) in [6.45, 7) is 2.76. The van der Waals surface area contributed by atoms with E-state index in [2.05, 4.69) is 5.32 Å². The minimum atomic E-state index is -0.880. The lowest BCUT2D eigenvalue weighted by Gasteiger charge is -2.21. The number of hydrogen-bond acceptors (Lipinski definition) is 3. The van der Waals surface area contributed by atoms with Crippen LogP contribution >= 0.6 is 0 Å². The molecule has 2 N–H and O–H groups in total. The molecule has 0 aliphatic carbocycles. The van der Waals surface area contributed by atoms with Gasteiger partial charge in [0.25, 0.3) is 0 Å². The molecule has 7 heteroatoms. The number of aliphatic carboxylic acids is 1. The fraction of sp³-hybridized carbons (Fsp3) is 0.500. The molecule has 1 heterocycles. The third-order valence-corrected chi connectivity index (χ3v) is 3.89. The van der Waals surface area contributed by atoms with Gasteiger partial charge in [-0.3, -0.25) is 4.79 Å². The van der Waals surface area contributed by atoms with Crippen molar-refractivity contribution in [3.63, 3.8) is 0 Å². The van der Waals surface area contributed by atoms with Gasteiger partial charge in [-0.2, -0.15) is 0 Å². The molecule has 2 unspecified atom stereocenters. The smallest absolute Gasteiger partial charge is 0.317 e. The molecule has 0 radical (unpaired) electrons. The maximum absolute atomic E-state index is 13.6. The molecule has 2 amide bonds. The summed E-state index contributed by atoms with van der Waals surface area (Å²) in [4.78, 5) is 24.4. The van der Waals surface area contributed by atoms with Crippen molar-refractivity contribution < 1.29 is 23.8 Å². The Balaban J connectivity index is 1.82. The van der Waals surface area contributed by atoms with E-state index in [1.807, 2.05) is 6.92 Å². The number of halogens is 1. The molecular formula is C16H21FN2O4. The number of urea groups is 1. The molecule has 1 aromatic rings. The average Bonchev–Trinajstić information content (AvgIpc) is 3.03. The largest absolute Gasteiger partial charge is 0.486 e. The van der Waals surface area contributed by atoms with Gasteiger partial charge in [0, 0.05) is 13.1 Å². The highest BCUT2D eigenvalue weighted by Crippen LogP contribution is 2.18. The van der Waals surface area contributed by atoms with E-state index in [1.165, 1.54) is 17.0 Å². The Kier molecular flexibility index (Phi) is 5.78. The van der Waals surface area contributed by atoms with E-state index < -0.39 is 17.7 Å². The Bertz CT molecular complexity index is 567. The third kappa shape index (κ3) is 4.58. The zero-order chi connectivity index (χ0) is 16.8. The second-order valence-electron chi connectivity index (χ2n) is 5.53. The van der Waals surface area contributed by atoms with Crippen molar-refractivity contribution in [1.29, 1.82) is 0 Å². The number of hydrogen-bond donors (Lipinski definition) is 2. The number of carboxylic acid groups (broad SMARTS) is 1. The van der Waals surface area contributed by atoms with Gasteiger partial charge in [0.05, 0.1) is 12.5 Å². The molecule has 0 aromatic heterocycles. The molecule has 1 aromatic carbocycles. The minimum absolute atomic E-state index is 0.153. The summed E-state index contributed by atoms with van der Waals surface area (Å²) < 4.78 is 19.1. The SMILES string of the molecule is CCC(CNC(=O)N1CCC(C(=O)O)C1)Oc1ccccc1F. The predicted octanol–water partition coefficient (Wildman–Crippen LogP) is 2.10. The molecule has 1 aliphatic heterocycles. The van der Waals surface area contributed by atoms with Crippen molar-refractivity contribution in [2.24, 2.45) is 5.92 Å². The lowest BCUT2D eigenvalue weighted by Crippen LogP contribution is -2.43. The number of nitrogens with zero attached hydrogens (tertiary/aromatic N) is 1. The van der Waals surface area contributed by atoms with Crippen LogP contribution in [-0.2, 0) is 4.79 Å². The van der Waals surface area contributed by atoms with Crippen molar-refractivity contribution in [3.8, 4) is 5.75 Å². The van der Waals surface area contributed by atoms with Gasteiger partial charge in [-0.15, -0.1) is 0 Å². The van der Waals surface area contributed by atoms with Crippen LogP contribution < -0.4 is 10.1 Å². The average molecular weight is 324 g/mol. The number of benzene rings is 1. The van der Waals surface area contributed by atoms with Gasteiger partial charge >= 0.3 is 12.0 Å².